The Kier molecular flexibility index (Phi) is 9.53. The summed E-state index contributed by atoms with van der Waals surface area (Å²) in [5.74, 6) is 0.582. The Hall–Kier alpha value is -4.13. The highest BCUT2D eigenvalue weighted by molar-refractivity contribution is 5.79. The summed E-state index contributed by atoms with van der Waals surface area (Å²) in [6, 6.07) is 35.8. The van der Waals surface area contributed by atoms with Crippen LogP contribution in [0.5, 0.6) is 11.5 Å². The summed E-state index contributed by atoms with van der Waals surface area (Å²) < 4.78 is 25.0. The van der Waals surface area contributed by atoms with E-state index in [4.69, 9.17) is 18.9 Å². The van der Waals surface area contributed by atoms with Crippen molar-refractivity contribution >= 4 is 5.97 Å². The molecule has 4 atom stereocenters. The van der Waals surface area contributed by atoms with Crippen LogP contribution in [-0.2, 0) is 14.3 Å². The van der Waals surface area contributed by atoms with Gasteiger partial charge in [0.25, 0.3) is 0 Å². The molecule has 4 unspecified atom stereocenters. The topological polar surface area (TPSA) is 74.2 Å². The SMILES string of the molecule is COc1ccc(C(OC(OC(c2ccccc2)c2ccc(OC)cc2)C2CC2(C(=O)O)C2CCCCC2)c2ccccc2)cc1. The van der Waals surface area contributed by atoms with Crippen molar-refractivity contribution in [2.24, 2.45) is 17.3 Å². The predicted molar refractivity (Wildman–Crippen MR) is 173 cm³/mol. The second-order valence-electron chi connectivity index (χ2n) is 12.3. The third kappa shape index (κ3) is 6.63. The zero-order valence-electron chi connectivity index (χ0n) is 26.0. The Morgan fingerprint density at radius 1 is 0.644 bits per heavy atom. The number of benzene rings is 4. The smallest absolute Gasteiger partial charge is 0.310 e. The van der Waals surface area contributed by atoms with Gasteiger partial charge >= 0.3 is 5.97 Å². The minimum absolute atomic E-state index is 0.107. The molecule has 0 heterocycles. The molecule has 234 valence electrons. The molecule has 2 saturated carbocycles. The predicted octanol–water partition coefficient (Wildman–Crippen LogP) is 8.61. The van der Waals surface area contributed by atoms with E-state index in [0.717, 1.165) is 65.9 Å². The van der Waals surface area contributed by atoms with Gasteiger partial charge in [0, 0.05) is 5.92 Å². The Morgan fingerprint density at radius 3 is 1.47 bits per heavy atom. The van der Waals surface area contributed by atoms with Crippen molar-refractivity contribution < 1.29 is 28.8 Å². The molecule has 1 N–H and O–H groups in total. The highest BCUT2D eigenvalue weighted by atomic mass is 16.7. The average Bonchev–Trinajstić information content (AvgIpc) is 3.87. The lowest BCUT2D eigenvalue weighted by Gasteiger charge is -2.34. The van der Waals surface area contributed by atoms with Gasteiger partial charge in [-0.25, -0.2) is 0 Å². The fourth-order valence-corrected chi connectivity index (χ4v) is 7.15. The second-order valence-corrected chi connectivity index (χ2v) is 12.3. The number of methoxy groups -OCH3 is 2. The number of carboxylic acids is 1. The van der Waals surface area contributed by atoms with Crippen LogP contribution >= 0.6 is 0 Å². The van der Waals surface area contributed by atoms with Crippen LogP contribution in [0.2, 0.25) is 0 Å². The first-order valence-electron chi connectivity index (χ1n) is 16.0. The van der Waals surface area contributed by atoms with Crippen LogP contribution in [0.4, 0.5) is 0 Å². The summed E-state index contributed by atoms with van der Waals surface area (Å²) in [7, 11) is 3.30. The van der Waals surface area contributed by atoms with Gasteiger partial charge in [-0.1, -0.05) is 104 Å². The molecule has 6 heteroatoms. The average molecular weight is 607 g/mol. The van der Waals surface area contributed by atoms with Crippen molar-refractivity contribution in [2.75, 3.05) is 14.2 Å². The lowest BCUT2D eigenvalue weighted by atomic mass is 9.76. The van der Waals surface area contributed by atoms with Crippen LogP contribution < -0.4 is 9.47 Å². The maximum Gasteiger partial charge on any atom is 0.310 e. The fraction of sp³-hybridized carbons (Fsp3) is 0.359. The lowest BCUT2D eigenvalue weighted by Crippen LogP contribution is -2.35. The number of hydrogen-bond acceptors (Lipinski definition) is 5. The number of carboxylic acid groups (broad SMARTS) is 1. The van der Waals surface area contributed by atoms with E-state index in [2.05, 4.69) is 0 Å². The summed E-state index contributed by atoms with van der Waals surface area (Å²) in [5.41, 5.74) is 2.95. The van der Waals surface area contributed by atoms with E-state index < -0.39 is 29.9 Å². The van der Waals surface area contributed by atoms with Gasteiger partial charge < -0.3 is 24.1 Å². The van der Waals surface area contributed by atoms with Gasteiger partial charge in [0.05, 0.1) is 19.6 Å². The zero-order chi connectivity index (χ0) is 31.2. The van der Waals surface area contributed by atoms with Crippen LogP contribution in [-0.4, -0.2) is 31.6 Å². The van der Waals surface area contributed by atoms with Crippen LogP contribution in [0.15, 0.2) is 109 Å². The van der Waals surface area contributed by atoms with Crippen molar-refractivity contribution in [1.82, 2.24) is 0 Å². The number of rotatable bonds is 13. The van der Waals surface area contributed by atoms with Gasteiger partial charge in [-0.15, -0.1) is 0 Å². The maximum atomic E-state index is 13.2. The van der Waals surface area contributed by atoms with Crippen molar-refractivity contribution in [3.63, 3.8) is 0 Å². The molecule has 4 aromatic rings. The highest BCUT2D eigenvalue weighted by Gasteiger charge is 2.68. The van der Waals surface area contributed by atoms with E-state index in [-0.39, 0.29) is 11.8 Å². The zero-order valence-corrected chi connectivity index (χ0v) is 26.0. The van der Waals surface area contributed by atoms with Gasteiger partial charge in [-0.05, 0) is 71.7 Å². The van der Waals surface area contributed by atoms with Crippen LogP contribution in [0, 0.1) is 17.3 Å². The van der Waals surface area contributed by atoms with Gasteiger partial charge in [0.1, 0.15) is 23.7 Å². The molecule has 0 aliphatic heterocycles. The molecular weight excluding hydrogens is 564 g/mol. The Balaban J connectivity index is 1.42. The molecule has 0 aromatic heterocycles. The number of hydrogen-bond donors (Lipinski definition) is 1. The molecule has 4 aromatic carbocycles. The van der Waals surface area contributed by atoms with Crippen LogP contribution in [0.3, 0.4) is 0 Å². The van der Waals surface area contributed by atoms with E-state index in [9.17, 15) is 9.90 Å². The molecular formula is C39H42O6. The van der Waals surface area contributed by atoms with Crippen molar-refractivity contribution in [3.05, 3.63) is 131 Å². The summed E-state index contributed by atoms with van der Waals surface area (Å²) >= 11 is 0. The molecule has 0 spiro atoms. The third-order valence-electron chi connectivity index (χ3n) is 9.70. The van der Waals surface area contributed by atoms with E-state index in [0.29, 0.717) is 6.42 Å². The van der Waals surface area contributed by atoms with Crippen LogP contribution in [0.25, 0.3) is 0 Å². The first kappa shape index (κ1) is 30.9. The first-order chi connectivity index (χ1) is 22.0. The summed E-state index contributed by atoms with van der Waals surface area (Å²) in [6.45, 7) is 0. The highest BCUT2D eigenvalue weighted by Crippen LogP contribution is 2.64. The molecule has 0 radical (unpaired) electrons. The van der Waals surface area contributed by atoms with E-state index in [1.54, 1.807) is 14.2 Å². The minimum Gasteiger partial charge on any atom is -0.497 e. The van der Waals surface area contributed by atoms with E-state index in [1.165, 1.54) is 0 Å². The fourth-order valence-electron chi connectivity index (χ4n) is 7.15. The van der Waals surface area contributed by atoms with Gasteiger partial charge in [-0.3, -0.25) is 4.79 Å². The van der Waals surface area contributed by atoms with Crippen molar-refractivity contribution in [2.45, 2.75) is 57.0 Å². The molecule has 6 nitrogen and oxygen atoms in total. The molecule has 45 heavy (non-hydrogen) atoms. The maximum absolute atomic E-state index is 13.2. The Bertz CT molecular complexity index is 1420. The third-order valence-corrected chi connectivity index (χ3v) is 9.70. The van der Waals surface area contributed by atoms with Crippen LogP contribution in [0.1, 0.15) is 73.0 Å². The number of ether oxygens (including phenoxy) is 4. The van der Waals surface area contributed by atoms with E-state index >= 15 is 0 Å². The lowest BCUT2D eigenvalue weighted by molar-refractivity contribution is -0.202. The van der Waals surface area contributed by atoms with Crippen molar-refractivity contribution in [3.8, 4) is 11.5 Å². The summed E-state index contributed by atoms with van der Waals surface area (Å²) in [4.78, 5) is 13.2. The van der Waals surface area contributed by atoms with Crippen molar-refractivity contribution in [1.29, 1.82) is 0 Å². The minimum atomic E-state index is -0.868. The largest absolute Gasteiger partial charge is 0.497 e. The molecule has 0 saturated heterocycles. The standard InChI is InChI=1S/C39H42O6/c1-42-32-22-18-29(19-23-32)35(27-12-6-3-7-13-27)44-37(34-26-39(34,38(40)41)31-16-10-5-11-17-31)45-36(28-14-8-4-9-15-28)30-20-24-33(43-2)25-21-30/h3-4,6-9,12-15,18-25,31,34-37H,5,10-11,16-17,26H2,1-2H3,(H,40,41). The second kappa shape index (κ2) is 13.9. The molecule has 2 aliphatic carbocycles. The molecule has 0 amide bonds. The Morgan fingerprint density at radius 2 is 1.07 bits per heavy atom. The quantitative estimate of drug-likeness (QED) is 0.154. The van der Waals surface area contributed by atoms with E-state index in [1.807, 2.05) is 109 Å². The monoisotopic (exact) mass is 606 g/mol. The normalized spacial score (nSPS) is 21.8. The molecule has 6 rings (SSSR count). The van der Waals surface area contributed by atoms with Gasteiger partial charge in [-0.2, -0.15) is 0 Å². The van der Waals surface area contributed by atoms with Gasteiger partial charge in [0.2, 0.25) is 0 Å². The summed E-state index contributed by atoms with van der Waals surface area (Å²) in [6.07, 6.45) is 3.93. The number of aliphatic carboxylic acids is 1. The molecule has 2 aliphatic rings. The first-order valence-corrected chi connectivity index (χ1v) is 16.0. The van der Waals surface area contributed by atoms with Gasteiger partial charge in [0.15, 0.2) is 6.29 Å². The Labute approximate surface area is 265 Å². The number of carbonyl (C=O) groups is 1. The summed E-state index contributed by atoms with van der Waals surface area (Å²) in [5, 5.41) is 10.8. The molecule has 0 bridgehead atoms. The molecule has 2 fully saturated rings.